The zero-order valence-electron chi connectivity index (χ0n) is 17.6. The first-order valence-electron chi connectivity index (χ1n) is 9.92. The first-order valence-corrected chi connectivity index (χ1v) is 9.92. The highest BCUT2D eigenvalue weighted by atomic mass is 16.5. The molecule has 0 atom stereocenters. The first kappa shape index (κ1) is 20.7. The van der Waals surface area contributed by atoms with Gasteiger partial charge in [0, 0.05) is 11.1 Å². The van der Waals surface area contributed by atoms with E-state index in [0.29, 0.717) is 5.75 Å². The predicted octanol–water partition coefficient (Wildman–Crippen LogP) is 3.51. The fourth-order valence-electron chi connectivity index (χ4n) is 3.78. The monoisotopic (exact) mass is 394 g/mol. The Hall–Kier alpha value is -3.02. The van der Waals surface area contributed by atoms with Crippen molar-refractivity contribution < 1.29 is 9.84 Å². The summed E-state index contributed by atoms with van der Waals surface area (Å²) in [6.45, 7) is 8.28. The summed E-state index contributed by atoms with van der Waals surface area (Å²) >= 11 is 0. The van der Waals surface area contributed by atoms with Gasteiger partial charge in [0.2, 0.25) is 5.96 Å². The van der Waals surface area contributed by atoms with Crippen molar-refractivity contribution in [1.29, 1.82) is 0 Å². The number of hydrogen-bond acceptors (Lipinski definition) is 4. The summed E-state index contributed by atoms with van der Waals surface area (Å²) < 4.78 is 6.29. The van der Waals surface area contributed by atoms with E-state index in [1.165, 1.54) is 5.56 Å². The lowest BCUT2D eigenvalue weighted by molar-refractivity contribution is 0.0831. The number of ether oxygens (including phenoxy) is 1. The molecule has 0 saturated carbocycles. The standard InChI is InChI=1S/C23H30N4O2/c1-14-19-11-12-23(3,4)29-21(19)15(2)18(20(14)28)10-9-16-5-7-17(8-6-16)13-26-27-22(24)25/h5-8,13,28H,9-12H2,1-4H3,(H4,24,25,27)/b26-13+. The molecular formula is C23H30N4O2. The molecule has 0 aromatic heterocycles. The lowest BCUT2D eigenvalue weighted by Crippen LogP contribution is -2.33. The van der Waals surface area contributed by atoms with E-state index < -0.39 is 0 Å². The van der Waals surface area contributed by atoms with E-state index in [1.54, 1.807) is 6.21 Å². The zero-order valence-corrected chi connectivity index (χ0v) is 17.6. The zero-order chi connectivity index (χ0) is 21.2. The summed E-state index contributed by atoms with van der Waals surface area (Å²) in [7, 11) is 0. The second kappa shape index (κ2) is 8.15. The maximum Gasteiger partial charge on any atom is 0.211 e. The van der Waals surface area contributed by atoms with Gasteiger partial charge >= 0.3 is 0 Å². The second-order valence-electron chi connectivity index (χ2n) is 8.26. The summed E-state index contributed by atoms with van der Waals surface area (Å²) in [6.07, 6.45) is 5.06. The van der Waals surface area contributed by atoms with Gasteiger partial charge in [0.05, 0.1) is 6.21 Å². The van der Waals surface area contributed by atoms with Crippen molar-refractivity contribution in [2.75, 3.05) is 0 Å². The Morgan fingerprint density at radius 1 is 1.14 bits per heavy atom. The van der Waals surface area contributed by atoms with Crippen molar-refractivity contribution >= 4 is 12.2 Å². The Morgan fingerprint density at radius 2 is 1.83 bits per heavy atom. The summed E-state index contributed by atoms with van der Waals surface area (Å²) in [4.78, 5) is 0. The molecule has 0 bridgehead atoms. The number of phenols is 1. The van der Waals surface area contributed by atoms with Gasteiger partial charge in [-0.05, 0) is 75.6 Å². The maximum absolute atomic E-state index is 10.8. The van der Waals surface area contributed by atoms with Crippen LogP contribution in [0.5, 0.6) is 11.5 Å². The molecule has 0 spiro atoms. The van der Waals surface area contributed by atoms with Crippen LogP contribution in [0.15, 0.2) is 34.5 Å². The molecule has 1 aliphatic heterocycles. The molecule has 1 aliphatic rings. The lowest BCUT2D eigenvalue weighted by atomic mass is 9.86. The SMILES string of the molecule is Cc1c(O)c(CCc2ccc(/C=N/N=C(N)N)cc2)c(C)c2c1CCC(C)(C)O2. The minimum Gasteiger partial charge on any atom is -0.507 e. The van der Waals surface area contributed by atoms with Gasteiger partial charge in [0.25, 0.3) is 0 Å². The molecule has 0 aliphatic carbocycles. The molecular weight excluding hydrogens is 364 g/mol. The number of phenolic OH excluding ortho intramolecular Hbond substituents is 1. The highest BCUT2D eigenvalue weighted by Gasteiger charge is 2.31. The summed E-state index contributed by atoms with van der Waals surface area (Å²) in [5.74, 6) is 1.30. The molecule has 0 saturated heterocycles. The molecule has 2 aromatic carbocycles. The molecule has 2 aromatic rings. The topological polar surface area (TPSA) is 106 Å². The molecule has 0 radical (unpaired) electrons. The average Bonchev–Trinajstić information content (AvgIpc) is 2.66. The van der Waals surface area contributed by atoms with E-state index in [4.69, 9.17) is 16.2 Å². The Morgan fingerprint density at radius 3 is 2.48 bits per heavy atom. The van der Waals surface area contributed by atoms with Crippen LogP contribution in [0.4, 0.5) is 0 Å². The number of aryl methyl sites for hydroxylation is 1. The normalized spacial score (nSPS) is 15.0. The number of rotatable bonds is 5. The second-order valence-corrected chi connectivity index (χ2v) is 8.26. The van der Waals surface area contributed by atoms with Crippen LogP contribution in [0.25, 0.3) is 0 Å². The molecule has 3 rings (SSSR count). The lowest BCUT2D eigenvalue weighted by Gasteiger charge is -2.35. The Balaban J connectivity index is 1.78. The van der Waals surface area contributed by atoms with Crippen molar-refractivity contribution in [3.05, 3.63) is 57.6 Å². The van der Waals surface area contributed by atoms with Crippen LogP contribution >= 0.6 is 0 Å². The van der Waals surface area contributed by atoms with Crippen molar-refractivity contribution in [3.63, 3.8) is 0 Å². The average molecular weight is 395 g/mol. The third kappa shape index (κ3) is 4.70. The number of nitrogens with two attached hydrogens (primary N) is 2. The van der Waals surface area contributed by atoms with Gasteiger partial charge in [-0.3, -0.25) is 0 Å². The Labute approximate surface area is 172 Å². The molecule has 0 amide bonds. The summed E-state index contributed by atoms with van der Waals surface area (Å²) in [5.41, 5.74) is 16.5. The van der Waals surface area contributed by atoms with Crippen LogP contribution in [-0.2, 0) is 19.3 Å². The van der Waals surface area contributed by atoms with E-state index in [9.17, 15) is 5.11 Å². The van der Waals surface area contributed by atoms with Gasteiger partial charge in [-0.15, -0.1) is 5.10 Å². The minimum absolute atomic E-state index is 0.0687. The molecule has 0 unspecified atom stereocenters. The quantitative estimate of drug-likeness (QED) is 0.410. The Bertz CT molecular complexity index is 956. The van der Waals surface area contributed by atoms with Crippen LogP contribution in [0, 0.1) is 13.8 Å². The third-order valence-corrected chi connectivity index (χ3v) is 5.54. The number of fused-ring (bicyclic) bond motifs is 1. The van der Waals surface area contributed by atoms with Gasteiger partial charge in [-0.2, -0.15) is 5.10 Å². The van der Waals surface area contributed by atoms with Crippen molar-refractivity contribution in [2.45, 2.75) is 59.0 Å². The molecule has 0 fully saturated rings. The van der Waals surface area contributed by atoms with E-state index in [1.807, 2.05) is 31.2 Å². The van der Waals surface area contributed by atoms with Crippen LogP contribution < -0.4 is 16.2 Å². The number of benzene rings is 2. The molecule has 5 N–H and O–H groups in total. The predicted molar refractivity (Wildman–Crippen MR) is 118 cm³/mol. The van der Waals surface area contributed by atoms with Crippen LogP contribution in [0.1, 0.15) is 53.6 Å². The number of guanidine groups is 1. The molecule has 6 nitrogen and oxygen atoms in total. The van der Waals surface area contributed by atoms with Crippen LogP contribution in [0.2, 0.25) is 0 Å². The van der Waals surface area contributed by atoms with Crippen LogP contribution in [-0.4, -0.2) is 22.9 Å². The fraction of sp³-hybridized carbons (Fsp3) is 0.391. The van der Waals surface area contributed by atoms with E-state index >= 15 is 0 Å². The Kier molecular flexibility index (Phi) is 5.82. The molecule has 154 valence electrons. The van der Waals surface area contributed by atoms with Crippen molar-refractivity contribution in [3.8, 4) is 11.5 Å². The van der Waals surface area contributed by atoms with Crippen molar-refractivity contribution in [1.82, 2.24) is 0 Å². The minimum atomic E-state index is -0.172. The number of aromatic hydroxyl groups is 1. The van der Waals surface area contributed by atoms with Crippen molar-refractivity contribution in [2.24, 2.45) is 21.7 Å². The molecule has 6 heteroatoms. The summed E-state index contributed by atoms with van der Waals surface area (Å²) in [6, 6.07) is 8.04. The van der Waals surface area contributed by atoms with Gasteiger partial charge in [0.15, 0.2) is 0 Å². The van der Waals surface area contributed by atoms with Crippen LogP contribution in [0.3, 0.4) is 0 Å². The molecule has 29 heavy (non-hydrogen) atoms. The van der Waals surface area contributed by atoms with Gasteiger partial charge in [-0.25, -0.2) is 0 Å². The van der Waals surface area contributed by atoms with E-state index in [2.05, 4.69) is 31.0 Å². The van der Waals surface area contributed by atoms with Gasteiger partial charge in [0.1, 0.15) is 17.1 Å². The summed E-state index contributed by atoms with van der Waals surface area (Å²) in [5, 5.41) is 18.2. The highest BCUT2D eigenvalue weighted by molar-refractivity contribution is 5.81. The smallest absolute Gasteiger partial charge is 0.211 e. The maximum atomic E-state index is 10.8. The first-order chi connectivity index (χ1) is 13.7. The molecule has 1 heterocycles. The van der Waals surface area contributed by atoms with Gasteiger partial charge in [-0.1, -0.05) is 24.3 Å². The van der Waals surface area contributed by atoms with E-state index in [-0.39, 0.29) is 11.6 Å². The fourth-order valence-corrected chi connectivity index (χ4v) is 3.78. The third-order valence-electron chi connectivity index (χ3n) is 5.54. The number of hydrogen-bond donors (Lipinski definition) is 3. The van der Waals surface area contributed by atoms with Gasteiger partial charge < -0.3 is 21.3 Å². The van der Waals surface area contributed by atoms with E-state index in [0.717, 1.165) is 59.3 Å². The largest absolute Gasteiger partial charge is 0.507 e. The highest BCUT2D eigenvalue weighted by Crippen LogP contribution is 2.43. The number of nitrogens with zero attached hydrogens (tertiary/aromatic N) is 2.